The number of aromatic nitrogens is 4. The van der Waals surface area contributed by atoms with Crippen LogP contribution in [0.1, 0.15) is 27.6 Å². The number of halogens is 3. The van der Waals surface area contributed by atoms with Crippen LogP contribution in [0.2, 0.25) is 0 Å². The molecule has 0 unspecified atom stereocenters. The minimum Gasteiger partial charge on any atom is -0.441 e. The minimum atomic E-state index is -4.47. The van der Waals surface area contributed by atoms with Crippen molar-refractivity contribution < 1.29 is 22.4 Å². The maximum absolute atomic E-state index is 13.0. The van der Waals surface area contributed by atoms with Gasteiger partial charge in [0.25, 0.3) is 5.91 Å². The van der Waals surface area contributed by atoms with Crippen molar-refractivity contribution in [2.75, 3.05) is 31.1 Å². The molecule has 1 aliphatic heterocycles. The average molecular weight is 420 g/mol. The Balaban J connectivity index is 1.49. The lowest BCUT2D eigenvalue weighted by Gasteiger charge is -2.33. The Morgan fingerprint density at radius 3 is 2.50 bits per heavy atom. The lowest BCUT2D eigenvalue weighted by molar-refractivity contribution is -0.137. The van der Waals surface area contributed by atoms with E-state index in [1.54, 1.807) is 11.8 Å². The fourth-order valence-electron chi connectivity index (χ4n) is 3.28. The largest absolute Gasteiger partial charge is 0.441 e. The van der Waals surface area contributed by atoms with E-state index in [1.165, 1.54) is 12.1 Å². The van der Waals surface area contributed by atoms with E-state index in [4.69, 9.17) is 4.42 Å². The highest BCUT2D eigenvalue weighted by atomic mass is 19.4. The van der Waals surface area contributed by atoms with Crippen LogP contribution in [0.15, 0.2) is 28.7 Å². The van der Waals surface area contributed by atoms with Gasteiger partial charge in [-0.15, -0.1) is 5.10 Å². The van der Waals surface area contributed by atoms with Crippen molar-refractivity contribution in [3.63, 3.8) is 0 Å². The van der Waals surface area contributed by atoms with Crippen molar-refractivity contribution in [2.24, 2.45) is 0 Å². The summed E-state index contributed by atoms with van der Waals surface area (Å²) in [6, 6.07) is 4.67. The fraction of sp³-hybridized carbons (Fsp3) is 0.368. The second-order valence-electron chi connectivity index (χ2n) is 7.00. The summed E-state index contributed by atoms with van der Waals surface area (Å²) in [6.45, 7) is 5.38. The van der Waals surface area contributed by atoms with Crippen molar-refractivity contribution >= 4 is 11.9 Å². The van der Waals surface area contributed by atoms with Crippen LogP contribution >= 0.6 is 0 Å². The van der Waals surface area contributed by atoms with Gasteiger partial charge in [0.1, 0.15) is 11.6 Å². The summed E-state index contributed by atoms with van der Waals surface area (Å²) < 4.78 is 44.4. The molecule has 1 aromatic carbocycles. The number of benzene rings is 1. The first-order valence-electron chi connectivity index (χ1n) is 9.30. The summed E-state index contributed by atoms with van der Waals surface area (Å²) in [5, 5.41) is 6.91. The van der Waals surface area contributed by atoms with Crippen LogP contribution in [0.25, 0.3) is 11.5 Å². The summed E-state index contributed by atoms with van der Waals surface area (Å²) in [6.07, 6.45) is -4.47. The smallest absolute Gasteiger partial charge is 0.416 e. The van der Waals surface area contributed by atoms with Gasteiger partial charge in [-0.1, -0.05) is 6.07 Å². The van der Waals surface area contributed by atoms with E-state index in [-0.39, 0.29) is 28.8 Å². The Hall–Kier alpha value is -3.37. The van der Waals surface area contributed by atoms with E-state index in [0.717, 1.165) is 12.1 Å². The molecular formula is C19H19F3N6O2. The van der Waals surface area contributed by atoms with E-state index in [1.807, 2.05) is 11.8 Å². The molecule has 3 aromatic rings. The predicted molar refractivity (Wildman–Crippen MR) is 101 cm³/mol. The fourth-order valence-corrected chi connectivity index (χ4v) is 3.28. The molecular weight excluding hydrogens is 401 g/mol. The van der Waals surface area contributed by atoms with Crippen molar-refractivity contribution in [1.29, 1.82) is 0 Å². The summed E-state index contributed by atoms with van der Waals surface area (Å²) in [5.41, 5.74) is -0.538. The standard InChI is InChI=1S/C19H19F3N6O2/c1-11-15(24-16(30-11)13-4-3-5-14(10-13)19(20,21)22)17(29)27-6-8-28(9-7-27)18-23-12(2)25-26-18/h3-5,10H,6-9H2,1-2H3,(H,23,25,26). The van der Waals surface area contributed by atoms with Crippen molar-refractivity contribution in [2.45, 2.75) is 20.0 Å². The maximum Gasteiger partial charge on any atom is 0.416 e. The molecule has 3 heterocycles. The molecule has 0 bridgehead atoms. The lowest BCUT2D eigenvalue weighted by Crippen LogP contribution is -2.49. The number of nitrogens with one attached hydrogen (secondary N) is 1. The molecule has 0 atom stereocenters. The molecule has 8 nitrogen and oxygen atoms in total. The van der Waals surface area contributed by atoms with E-state index < -0.39 is 11.7 Å². The second kappa shape index (κ2) is 7.47. The number of H-pyrrole nitrogens is 1. The number of nitrogens with zero attached hydrogens (tertiary/aromatic N) is 5. The quantitative estimate of drug-likeness (QED) is 0.700. The zero-order chi connectivity index (χ0) is 21.5. The van der Waals surface area contributed by atoms with E-state index in [0.29, 0.717) is 38.0 Å². The molecule has 158 valence electrons. The number of piperazine rings is 1. The van der Waals surface area contributed by atoms with Crippen molar-refractivity contribution in [3.05, 3.63) is 47.1 Å². The summed E-state index contributed by atoms with van der Waals surface area (Å²) in [5.74, 6) is 1.23. The van der Waals surface area contributed by atoms with Crippen molar-refractivity contribution in [3.8, 4) is 11.5 Å². The number of carbonyl (C=O) groups is 1. The Kier molecular flexibility index (Phi) is 4.96. The normalized spacial score (nSPS) is 15.0. The predicted octanol–water partition coefficient (Wildman–Crippen LogP) is 3.06. The Morgan fingerprint density at radius 2 is 1.87 bits per heavy atom. The number of hydrogen-bond donors (Lipinski definition) is 1. The van der Waals surface area contributed by atoms with Gasteiger partial charge in [-0.2, -0.15) is 18.2 Å². The van der Waals surface area contributed by atoms with Crippen LogP contribution < -0.4 is 4.90 Å². The van der Waals surface area contributed by atoms with Crippen LogP contribution in [-0.4, -0.2) is 57.2 Å². The molecule has 1 fully saturated rings. The van der Waals surface area contributed by atoms with Crippen LogP contribution in [0.5, 0.6) is 0 Å². The van der Waals surface area contributed by atoms with Gasteiger partial charge in [-0.3, -0.25) is 9.89 Å². The molecule has 0 aliphatic carbocycles. The van der Waals surface area contributed by atoms with Crippen molar-refractivity contribution in [1.82, 2.24) is 25.1 Å². The highest BCUT2D eigenvalue weighted by molar-refractivity contribution is 5.94. The third-order valence-corrected chi connectivity index (χ3v) is 4.87. The molecule has 2 aromatic heterocycles. The Labute approximate surface area is 169 Å². The third kappa shape index (κ3) is 3.87. The number of carbonyl (C=O) groups excluding carboxylic acids is 1. The number of oxazole rings is 1. The molecule has 1 amide bonds. The van der Waals surface area contributed by atoms with Crippen LogP contribution in [-0.2, 0) is 6.18 Å². The molecule has 1 N–H and O–H groups in total. The topological polar surface area (TPSA) is 91.2 Å². The number of anilines is 1. The molecule has 1 aliphatic rings. The van der Waals surface area contributed by atoms with Gasteiger partial charge in [-0.25, -0.2) is 4.98 Å². The second-order valence-corrected chi connectivity index (χ2v) is 7.00. The molecule has 0 saturated carbocycles. The molecule has 4 rings (SSSR count). The monoisotopic (exact) mass is 420 g/mol. The summed E-state index contributed by atoms with van der Waals surface area (Å²) in [4.78, 5) is 25.0. The van der Waals surface area contributed by atoms with E-state index in [9.17, 15) is 18.0 Å². The SMILES string of the molecule is Cc1nc(N2CCN(C(=O)c3nc(-c4cccc(C(F)(F)F)c4)oc3C)CC2)n[nH]1. The van der Waals surface area contributed by atoms with Crippen LogP contribution in [0.4, 0.5) is 19.1 Å². The van der Waals surface area contributed by atoms with Gasteiger partial charge in [0.05, 0.1) is 5.56 Å². The summed E-state index contributed by atoms with van der Waals surface area (Å²) in [7, 11) is 0. The Morgan fingerprint density at radius 1 is 1.13 bits per heavy atom. The first-order chi connectivity index (χ1) is 14.2. The van der Waals surface area contributed by atoms with Crippen LogP contribution in [0.3, 0.4) is 0 Å². The van der Waals surface area contributed by atoms with Gasteiger partial charge in [0.15, 0.2) is 5.69 Å². The zero-order valence-electron chi connectivity index (χ0n) is 16.3. The number of hydrogen-bond acceptors (Lipinski definition) is 6. The van der Waals surface area contributed by atoms with Crippen LogP contribution in [0, 0.1) is 13.8 Å². The first-order valence-corrected chi connectivity index (χ1v) is 9.30. The molecule has 0 spiro atoms. The highest BCUT2D eigenvalue weighted by Gasteiger charge is 2.32. The average Bonchev–Trinajstić information content (AvgIpc) is 3.33. The summed E-state index contributed by atoms with van der Waals surface area (Å²) >= 11 is 0. The molecule has 30 heavy (non-hydrogen) atoms. The zero-order valence-corrected chi connectivity index (χ0v) is 16.3. The lowest BCUT2D eigenvalue weighted by atomic mass is 10.1. The number of amides is 1. The van der Waals surface area contributed by atoms with Gasteiger partial charge >= 0.3 is 6.18 Å². The highest BCUT2D eigenvalue weighted by Crippen LogP contribution is 2.32. The maximum atomic E-state index is 13.0. The number of aryl methyl sites for hydroxylation is 2. The van der Waals surface area contributed by atoms with E-state index in [2.05, 4.69) is 20.2 Å². The number of alkyl halides is 3. The number of rotatable bonds is 3. The number of aromatic amines is 1. The van der Waals surface area contributed by atoms with Gasteiger partial charge in [0, 0.05) is 31.7 Å². The third-order valence-electron chi connectivity index (χ3n) is 4.87. The molecule has 0 radical (unpaired) electrons. The molecule has 11 heteroatoms. The van der Waals surface area contributed by atoms with E-state index >= 15 is 0 Å². The Bertz CT molecular complexity index is 1070. The first kappa shape index (κ1) is 19.9. The van der Waals surface area contributed by atoms with Gasteiger partial charge in [-0.05, 0) is 32.0 Å². The van der Waals surface area contributed by atoms with Gasteiger partial charge in [0.2, 0.25) is 11.8 Å². The minimum absolute atomic E-state index is 0.0169. The molecule has 1 saturated heterocycles. The van der Waals surface area contributed by atoms with Gasteiger partial charge < -0.3 is 14.2 Å².